The lowest BCUT2D eigenvalue weighted by molar-refractivity contribution is -0.0467. The zero-order valence-electron chi connectivity index (χ0n) is 17.5. The van der Waals surface area contributed by atoms with Crippen LogP contribution in [0, 0.1) is 5.92 Å². The van der Waals surface area contributed by atoms with Gasteiger partial charge >= 0.3 is 0 Å². The van der Waals surface area contributed by atoms with E-state index < -0.39 is 12.3 Å². The number of likely N-dealkylation sites (N-methyl/N-ethyl adjacent to an activating group) is 2. The first-order valence-electron chi connectivity index (χ1n) is 10.1. The number of nitrogens with zero attached hydrogens (tertiary/aromatic N) is 2. The van der Waals surface area contributed by atoms with E-state index in [4.69, 9.17) is 9.47 Å². The van der Waals surface area contributed by atoms with Gasteiger partial charge in [-0.25, -0.2) is 8.78 Å². The zero-order valence-corrected chi connectivity index (χ0v) is 17.5. The quantitative estimate of drug-likeness (QED) is 0.649. The maximum atomic E-state index is 15.1. The average molecular weight is 377 g/mol. The first-order valence-corrected chi connectivity index (χ1v) is 10.1. The second kappa shape index (κ2) is 9.26. The summed E-state index contributed by atoms with van der Waals surface area (Å²) in [7, 11) is 3.92. The highest BCUT2D eigenvalue weighted by Gasteiger charge is 2.44. The number of hydrogen-bond acceptors (Lipinski definition) is 4. The Kier molecular flexibility index (Phi) is 7.84. The standard InChI is InChI=1S/C20H38F2N2O2/c1-12(2)25-15(5)20-19(22)16(10-24(20)7)8-13(3)26-14(4)18-9-17(21)11-23(18)6/h12-20H,8-11H2,1-7H3/t13?,14-,15-,16?,17+,18-,19+,20+/m0/s1. The molecule has 2 unspecified atom stereocenters. The Bertz CT molecular complexity index is 440. The highest BCUT2D eigenvalue weighted by atomic mass is 19.1. The summed E-state index contributed by atoms with van der Waals surface area (Å²) in [6.45, 7) is 11.1. The lowest BCUT2D eigenvalue weighted by Gasteiger charge is -2.30. The molecule has 0 bridgehead atoms. The van der Waals surface area contributed by atoms with Gasteiger partial charge in [0.05, 0.1) is 30.5 Å². The van der Waals surface area contributed by atoms with Crippen LogP contribution in [0.3, 0.4) is 0 Å². The molecule has 0 spiro atoms. The summed E-state index contributed by atoms with van der Waals surface area (Å²) in [6, 6.07) is -0.104. The van der Waals surface area contributed by atoms with Crippen molar-refractivity contribution in [3.63, 3.8) is 0 Å². The van der Waals surface area contributed by atoms with E-state index in [-0.39, 0.29) is 42.4 Å². The van der Waals surface area contributed by atoms with Crippen molar-refractivity contribution >= 4 is 0 Å². The van der Waals surface area contributed by atoms with Crippen LogP contribution in [0.1, 0.15) is 47.5 Å². The van der Waals surface area contributed by atoms with Gasteiger partial charge in [0.15, 0.2) is 0 Å². The van der Waals surface area contributed by atoms with Crippen molar-refractivity contribution in [2.75, 3.05) is 27.2 Å². The fraction of sp³-hybridized carbons (Fsp3) is 1.00. The SMILES string of the molecule is CC(C)O[C@@H](C)[C@@H]1[C@H](F)C(CC(C)O[C@@H](C)[C@@H]2C[C@@H](F)CN2C)CN1C. The second-order valence-electron chi connectivity index (χ2n) is 8.75. The third kappa shape index (κ3) is 5.37. The van der Waals surface area contributed by atoms with Crippen LogP contribution in [0.15, 0.2) is 0 Å². The molecule has 0 aromatic carbocycles. The van der Waals surface area contributed by atoms with Crippen LogP contribution in [0.25, 0.3) is 0 Å². The smallest absolute Gasteiger partial charge is 0.122 e. The Labute approximate surface area is 158 Å². The first-order chi connectivity index (χ1) is 12.1. The van der Waals surface area contributed by atoms with Gasteiger partial charge < -0.3 is 9.47 Å². The number of hydrogen-bond donors (Lipinski definition) is 0. The molecular formula is C20H38F2N2O2. The number of alkyl halides is 2. The highest BCUT2D eigenvalue weighted by molar-refractivity contribution is 4.96. The highest BCUT2D eigenvalue weighted by Crippen LogP contribution is 2.33. The fourth-order valence-corrected chi connectivity index (χ4v) is 4.90. The molecule has 0 N–H and O–H groups in total. The molecule has 2 saturated heterocycles. The lowest BCUT2D eigenvalue weighted by atomic mass is 9.95. The normalized spacial score (nSPS) is 37.4. The van der Waals surface area contributed by atoms with E-state index in [1.807, 2.05) is 53.6 Å². The zero-order chi connectivity index (χ0) is 19.6. The number of likely N-dealkylation sites (tertiary alicyclic amines) is 2. The van der Waals surface area contributed by atoms with E-state index in [2.05, 4.69) is 4.90 Å². The van der Waals surface area contributed by atoms with Gasteiger partial charge in [0.1, 0.15) is 12.3 Å². The topological polar surface area (TPSA) is 24.9 Å². The van der Waals surface area contributed by atoms with E-state index >= 15 is 4.39 Å². The molecule has 154 valence electrons. The summed E-state index contributed by atoms with van der Waals surface area (Å²) in [5, 5.41) is 0. The minimum atomic E-state index is -0.917. The van der Waals surface area contributed by atoms with Crippen LogP contribution >= 0.6 is 0 Å². The van der Waals surface area contributed by atoms with Crippen LogP contribution in [-0.4, -0.2) is 85.8 Å². The van der Waals surface area contributed by atoms with E-state index in [0.717, 1.165) is 6.54 Å². The first kappa shape index (κ1) is 22.0. The Balaban J connectivity index is 1.86. The summed E-state index contributed by atoms with van der Waals surface area (Å²) < 4.78 is 40.6. The Morgan fingerprint density at radius 1 is 0.923 bits per heavy atom. The average Bonchev–Trinajstić information content (AvgIpc) is 2.97. The molecule has 0 amide bonds. The Hall–Kier alpha value is -0.300. The van der Waals surface area contributed by atoms with Gasteiger partial charge in [0.2, 0.25) is 0 Å². The molecule has 2 aliphatic rings. The van der Waals surface area contributed by atoms with Crippen LogP contribution < -0.4 is 0 Å². The van der Waals surface area contributed by atoms with Crippen molar-refractivity contribution in [3.05, 3.63) is 0 Å². The maximum Gasteiger partial charge on any atom is 0.122 e. The Morgan fingerprint density at radius 2 is 1.58 bits per heavy atom. The maximum absolute atomic E-state index is 15.1. The molecule has 0 aromatic heterocycles. The third-order valence-corrected chi connectivity index (χ3v) is 5.95. The molecule has 0 radical (unpaired) electrons. The number of ether oxygens (including phenoxy) is 2. The minimum absolute atomic E-state index is 0.0474. The fourth-order valence-electron chi connectivity index (χ4n) is 4.90. The van der Waals surface area contributed by atoms with Gasteiger partial charge in [-0.1, -0.05) is 0 Å². The van der Waals surface area contributed by atoms with Crippen molar-refractivity contribution in [3.8, 4) is 0 Å². The molecule has 8 atom stereocenters. The van der Waals surface area contributed by atoms with Crippen molar-refractivity contribution in [1.82, 2.24) is 9.80 Å². The number of halogens is 2. The third-order valence-electron chi connectivity index (χ3n) is 5.95. The molecule has 2 heterocycles. The molecule has 2 fully saturated rings. The second-order valence-corrected chi connectivity index (χ2v) is 8.75. The van der Waals surface area contributed by atoms with Crippen molar-refractivity contribution < 1.29 is 18.3 Å². The summed E-state index contributed by atoms with van der Waals surface area (Å²) >= 11 is 0. The molecule has 2 aliphatic heterocycles. The molecule has 26 heavy (non-hydrogen) atoms. The summed E-state index contributed by atoms with van der Waals surface area (Å²) in [4.78, 5) is 4.11. The van der Waals surface area contributed by atoms with Crippen LogP contribution in [0.2, 0.25) is 0 Å². The van der Waals surface area contributed by atoms with Gasteiger partial charge in [-0.3, -0.25) is 9.80 Å². The molecule has 2 rings (SSSR count). The van der Waals surface area contributed by atoms with E-state index in [1.165, 1.54) is 0 Å². The van der Waals surface area contributed by atoms with Gasteiger partial charge in [0, 0.05) is 25.0 Å². The molecular weight excluding hydrogens is 338 g/mol. The van der Waals surface area contributed by atoms with E-state index in [1.54, 1.807) is 0 Å². The van der Waals surface area contributed by atoms with Crippen molar-refractivity contribution in [1.29, 1.82) is 0 Å². The lowest BCUT2D eigenvalue weighted by Crippen LogP contribution is -2.42. The van der Waals surface area contributed by atoms with E-state index in [9.17, 15) is 4.39 Å². The Morgan fingerprint density at radius 3 is 2.12 bits per heavy atom. The monoisotopic (exact) mass is 376 g/mol. The molecule has 4 nitrogen and oxygen atoms in total. The van der Waals surface area contributed by atoms with Gasteiger partial charge in [-0.2, -0.15) is 0 Å². The van der Waals surface area contributed by atoms with Gasteiger partial charge in [-0.05, 0) is 61.6 Å². The number of rotatable bonds is 8. The van der Waals surface area contributed by atoms with E-state index in [0.29, 0.717) is 19.4 Å². The molecule has 0 aromatic rings. The van der Waals surface area contributed by atoms with Crippen LogP contribution in [0.4, 0.5) is 8.78 Å². The van der Waals surface area contributed by atoms with Crippen molar-refractivity contribution in [2.24, 2.45) is 5.92 Å². The van der Waals surface area contributed by atoms with Crippen LogP contribution in [0.5, 0.6) is 0 Å². The molecule has 6 heteroatoms. The predicted molar refractivity (Wildman–Crippen MR) is 101 cm³/mol. The van der Waals surface area contributed by atoms with Crippen molar-refractivity contribution in [2.45, 2.75) is 96.3 Å². The molecule has 0 aliphatic carbocycles. The summed E-state index contributed by atoms with van der Waals surface area (Å²) in [5.41, 5.74) is 0. The largest absolute Gasteiger partial charge is 0.374 e. The predicted octanol–water partition coefficient (Wildman–Crippen LogP) is 3.29. The minimum Gasteiger partial charge on any atom is -0.374 e. The summed E-state index contributed by atoms with van der Waals surface area (Å²) in [5.74, 6) is -0.0550. The van der Waals surface area contributed by atoms with Gasteiger partial charge in [0.25, 0.3) is 0 Å². The molecule has 0 saturated carbocycles. The van der Waals surface area contributed by atoms with Gasteiger partial charge in [-0.15, -0.1) is 0 Å². The summed E-state index contributed by atoms with van der Waals surface area (Å²) in [6.07, 6.45) is -0.627. The van der Waals surface area contributed by atoms with Crippen LogP contribution in [-0.2, 0) is 9.47 Å².